The maximum Gasteiger partial charge on any atom is 0.0436 e. The van der Waals surface area contributed by atoms with Crippen LogP contribution >= 0.6 is 0 Å². The van der Waals surface area contributed by atoms with Gasteiger partial charge in [0, 0.05) is 28.3 Å². The van der Waals surface area contributed by atoms with Crippen LogP contribution in [0.15, 0.2) is 24.3 Å². The third-order valence-corrected chi connectivity index (χ3v) is 4.98. The van der Waals surface area contributed by atoms with E-state index >= 15 is 0 Å². The predicted octanol–water partition coefficient (Wildman–Crippen LogP) is 3.79. The van der Waals surface area contributed by atoms with E-state index < -0.39 is 10.8 Å². The van der Waals surface area contributed by atoms with Crippen molar-refractivity contribution in [3.63, 3.8) is 0 Å². The molecule has 114 valence electrons. The largest absolute Gasteiger partial charge is 0.309 e. The molecule has 0 spiro atoms. The zero-order chi connectivity index (χ0) is 15.2. The van der Waals surface area contributed by atoms with Gasteiger partial charge < -0.3 is 5.32 Å². The van der Waals surface area contributed by atoms with Crippen LogP contribution in [0.25, 0.3) is 0 Å². The minimum Gasteiger partial charge on any atom is -0.309 e. The molecule has 0 saturated carbocycles. The summed E-state index contributed by atoms with van der Waals surface area (Å²) in [7, 11) is -0.737. The molecular weight excluding hydrogens is 266 g/mol. The van der Waals surface area contributed by atoms with Crippen molar-refractivity contribution in [2.24, 2.45) is 0 Å². The average molecular weight is 295 g/mol. The maximum absolute atomic E-state index is 12.0. The lowest BCUT2D eigenvalue weighted by molar-refractivity contribution is 0.581. The molecule has 1 aromatic carbocycles. The Bertz CT molecular complexity index is 420. The van der Waals surface area contributed by atoms with Crippen molar-refractivity contribution in [3.8, 4) is 0 Å². The summed E-state index contributed by atoms with van der Waals surface area (Å²) in [6, 6.07) is 8.94. The van der Waals surface area contributed by atoms with E-state index in [1.807, 2.05) is 0 Å². The van der Waals surface area contributed by atoms with E-state index in [9.17, 15) is 4.21 Å². The fourth-order valence-corrected chi connectivity index (χ4v) is 3.54. The molecule has 0 heterocycles. The maximum atomic E-state index is 12.0. The number of nitrogens with one attached hydrogen (secondary N) is 1. The van der Waals surface area contributed by atoms with E-state index in [2.05, 4.69) is 64.2 Å². The summed E-state index contributed by atoms with van der Waals surface area (Å²) >= 11 is 0. The second-order valence-corrected chi connectivity index (χ2v) is 7.91. The third-order valence-electron chi connectivity index (χ3n) is 3.41. The van der Waals surface area contributed by atoms with Crippen LogP contribution in [-0.4, -0.2) is 22.3 Å². The van der Waals surface area contributed by atoms with Gasteiger partial charge in [0.1, 0.15) is 0 Å². The summed E-state index contributed by atoms with van der Waals surface area (Å²) in [5.41, 5.74) is 2.76. The highest BCUT2D eigenvalue weighted by atomic mass is 32.2. The highest BCUT2D eigenvalue weighted by molar-refractivity contribution is 7.85. The summed E-state index contributed by atoms with van der Waals surface area (Å²) in [4.78, 5) is 0. The number of hydrogen-bond donors (Lipinski definition) is 1. The fourth-order valence-electron chi connectivity index (χ4n) is 2.23. The molecule has 0 aliphatic rings. The van der Waals surface area contributed by atoms with Crippen molar-refractivity contribution in [2.45, 2.75) is 52.5 Å². The topological polar surface area (TPSA) is 29.1 Å². The SMILES string of the molecule is CCCS(=O)CC(NCC)c1ccc(C(C)(C)C)cc1. The molecule has 1 N–H and O–H groups in total. The molecule has 1 aromatic rings. The van der Waals surface area contributed by atoms with Gasteiger partial charge in [0.2, 0.25) is 0 Å². The molecule has 2 unspecified atom stereocenters. The molecule has 0 aliphatic heterocycles. The Labute approximate surface area is 126 Å². The van der Waals surface area contributed by atoms with Gasteiger partial charge in [-0.2, -0.15) is 0 Å². The molecule has 2 nitrogen and oxygen atoms in total. The van der Waals surface area contributed by atoms with Gasteiger partial charge in [-0.3, -0.25) is 4.21 Å². The van der Waals surface area contributed by atoms with Crippen LogP contribution in [0.4, 0.5) is 0 Å². The van der Waals surface area contributed by atoms with Crippen LogP contribution in [0.3, 0.4) is 0 Å². The summed E-state index contributed by atoms with van der Waals surface area (Å²) in [6.45, 7) is 11.7. The van der Waals surface area contributed by atoms with Gasteiger partial charge in [-0.25, -0.2) is 0 Å². The van der Waals surface area contributed by atoms with Gasteiger partial charge in [-0.1, -0.05) is 58.9 Å². The quantitative estimate of drug-likeness (QED) is 0.829. The van der Waals surface area contributed by atoms with Crippen molar-refractivity contribution in [1.82, 2.24) is 5.32 Å². The van der Waals surface area contributed by atoms with E-state index in [0.29, 0.717) is 5.75 Å². The third kappa shape index (κ3) is 5.37. The molecule has 0 saturated heterocycles. The normalized spacial score (nSPS) is 15.1. The Hall–Kier alpha value is -0.670. The first-order chi connectivity index (χ1) is 9.38. The minimum atomic E-state index is -0.737. The van der Waals surface area contributed by atoms with Crippen LogP contribution in [0, 0.1) is 0 Å². The first kappa shape index (κ1) is 17.4. The Balaban J connectivity index is 2.84. The molecular formula is C17H29NOS. The van der Waals surface area contributed by atoms with E-state index in [1.54, 1.807) is 0 Å². The zero-order valence-corrected chi connectivity index (χ0v) is 14.3. The van der Waals surface area contributed by atoms with E-state index in [-0.39, 0.29) is 11.5 Å². The van der Waals surface area contributed by atoms with Crippen molar-refractivity contribution in [2.75, 3.05) is 18.1 Å². The standard InChI is InChI=1S/C17H29NOS/c1-6-12-20(19)13-16(18-7-2)14-8-10-15(11-9-14)17(3,4)5/h8-11,16,18H,6-7,12-13H2,1-5H3. The molecule has 0 amide bonds. The first-order valence-electron chi connectivity index (χ1n) is 7.57. The monoisotopic (exact) mass is 295 g/mol. The van der Waals surface area contributed by atoms with Crippen LogP contribution < -0.4 is 5.32 Å². The van der Waals surface area contributed by atoms with Crippen LogP contribution in [-0.2, 0) is 16.2 Å². The fraction of sp³-hybridized carbons (Fsp3) is 0.647. The zero-order valence-electron chi connectivity index (χ0n) is 13.5. The minimum absolute atomic E-state index is 0.178. The van der Waals surface area contributed by atoms with Gasteiger partial charge in [0.05, 0.1) is 0 Å². The lowest BCUT2D eigenvalue weighted by Gasteiger charge is -2.22. The van der Waals surface area contributed by atoms with E-state index in [1.165, 1.54) is 11.1 Å². The molecule has 0 aliphatic carbocycles. The first-order valence-corrected chi connectivity index (χ1v) is 9.06. The highest BCUT2D eigenvalue weighted by Crippen LogP contribution is 2.24. The summed E-state index contributed by atoms with van der Waals surface area (Å²) < 4.78 is 12.0. The van der Waals surface area contributed by atoms with Crippen molar-refractivity contribution in [3.05, 3.63) is 35.4 Å². The smallest absolute Gasteiger partial charge is 0.0436 e. The highest BCUT2D eigenvalue weighted by Gasteiger charge is 2.16. The lowest BCUT2D eigenvalue weighted by Crippen LogP contribution is -2.27. The molecule has 3 heteroatoms. The van der Waals surface area contributed by atoms with E-state index in [0.717, 1.165) is 18.7 Å². The number of rotatable bonds is 7. The Kier molecular flexibility index (Phi) is 6.90. The average Bonchev–Trinajstić information content (AvgIpc) is 2.38. The van der Waals surface area contributed by atoms with Gasteiger partial charge in [-0.15, -0.1) is 0 Å². The number of hydrogen-bond acceptors (Lipinski definition) is 2. The van der Waals surface area contributed by atoms with Gasteiger partial charge in [-0.05, 0) is 29.5 Å². The second kappa shape index (κ2) is 7.94. The summed E-state index contributed by atoms with van der Waals surface area (Å²) in [5.74, 6) is 1.50. The lowest BCUT2D eigenvalue weighted by atomic mass is 9.86. The van der Waals surface area contributed by atoms with Crippen LogP contribution in [0.1, 0.15) is 58.2 Å². The van der Waals surface area contributed by atoms with Crippen molar-refractivity contribution in [1.29, 1.82) is 0 Å². The molecule has 0 radical (unpaired) electrons. The van der Waals surface area contributed by atoms with Gasteiger partial charge in [0.25, 0.3) is 0 Å². The predicted molar refractivity (Wildman–Crippen MR) is 89.7 cm³/mol. The molecule has 1 rings (SSSR count). The summed E-state index contributed by atoms with van der Waals surface area (Å²) in [5, 5.41) is 3.45. The molecule has 0 aromatic heterocycles. The number of benzene rings is 1. The van der Waals surface area contributed by atoms with Crippen molar-refractivity contribution < 1.29 is 4.21 Å². The van der Waals surface area contributed by atoms with E-state index in [4.69, 9.17) is 0 Å². The molecule has 0 bridgehead atoms. The second-order valence-electron chi connectivity index (χ2n) is 6.29. The Morgan fingerprint density at radius 3 is 2.20 bits per heavy atom. The molecule has 2 atom stereocenters. The molecule has 20 heavy (non-hydrogen) atoms. The van der Waals surface area contributed by atoms with Crippen molar-refractivity contribution >= 4 is 10.8 Å². The van der Waals surface area contributed by atoms with Crippen LogP contribution in [0.2, 0.25) is 0 Å². The Morgan fingerprint density at radius 2 is 1.75 bits per heavy atom. The van der Waals surface area contributed by atoms with Crippen LogP contribution in [0.5, 0.6) is 0 Å². The molecule has 0 fully saturated rings. The summed E-state index contributed by atoms with van der Waals surface area (Å²) in [6.07, 6.45) is 0.981. The van der Waals surface area contributed by atoms with Gasteiger partial charge in [0.15, 0.2) is 0 Å². The van der Waals surface area contributed by atoms with Gasteiger partial charge >= 0.3 is 0 Å². The Morgan fingerprint density at radius 1 is 1.15 bits per heavy atom.